The zero-order valence-electron chi connectivity index (χ0n) is 5.39. The van der Waals surface area contributed by atoms with Crippen LogP contribution < -0.4 is 5.43 Å². The third-order valence-electron chi connectivity index (χ3n) is 1.71. The van der Waals surface area contributed by atoms with Crippen molar-refractivity contribution < 1.29 is 0 Å². The van der Waals surface area contributed by atoms with Crippen molar-refractivity contribution in [1.82, 2.24) is 5.43 Å². The van der Waals surface area contributed by atoms with Crippen LogP contribution in [0, 0.1) is 11.8 Å². The van der Waals surface area contributed by atoms with Gasteiger partial charge in [-0.25, -0.2) is 0 Å². The Hall–Kier alpha value is -0.530. The van der Waals surface area contributed by atoms with E-state index in [9.17, 15) is 0 Å². The van der Waals surface area contributed by atoms with Crippen LogP contribution in [0.25, 0.3) is 0 Å². The standard InChI is InChI=1S/C6H12N2/c1-5-3-7-8-4-6(5)2/h3,5-6,8H,4H2,1-2H3. The summed E-state index contributed by atoms with van der Waals surface area (Å²) in [5.41, 5.74) is 2.93. The Morgan fingerprint density at radius 2 is 2.38 bits per heavy atom. The van der Waals surface area contributed by atoms with Crippen LogP contribution in [0.4, 0.5) is 0 Å². The number of rotatable bonds is 0. The lowest BCUT2D eigenvalue weighted by Gasteiger charge is -2.19. The lowest BCUT2D eigenvalue weighted by Crippen LogP contribution is -2.27. The molecule has 46 valence electrons. The maximum absolute atomic E-state index is 3.93. The third kappa shape index (κ3) is 0.997. The summed E-state index contributed by atoms with van der Waals surface area (Å²) in [5, 5.41) is 3.93. The first kappa shape index (κ1) is 5.60. The fraction of sp³-hybridized carbons (Fsp3) is 0.833. The summed E-state index contributed by atoms with van der Waals surface area (Å²) in [7, 11) is 0. The van der Waals surface area contributed by atoms with Gasteiger partial charge in [0.15, 0.2) is 0 Å². The van der Waals surface area contributed by atoms with E-state index in [0.29, 0.717) is 5.92 Å². The molecule has 0 amide bonds. The maximum Gasteiger partial charge on any atom is 0.0361 e. The Balaban J connectivity index is 2.47. The normalized spacial score (nSPS) is 36.8. The maximum atomic E-state index is 3.93. The van der Waals surface area contributed by atoms with Gasteiger partial charge in [-0.1, -0.05) is 13.8 Å². The highest BCUT2D eigenvalue weighted by molar-refractivity contribution is 5.60. The smallest absolute Gasteiger partial charge is 0.0361 e. The van der Waals surface area contributed by atoms with Crippen molar-refractivity contribution >= 4 is 6.21 Å². The van der Waals surface area contributed by atoms with Crippen LogP contribution in [0.1, 0.15) is 13.8 Å². The quantitative estimate of drug-likeness (QED) is 0.493. The van der Waals surface area contributed by atoms with Gasteiger partial charge in [0.25, 0.3) is 0 Å². The molecule has 0 aromatic rings. The van der Waals surface area contributed by atoms with E-state index in [0.717, 1.165) is 12.5 Å². The summed E-state index contributed by atoms with van der Waals surface area (Å²) >= 11 is 0. The van der Waals surface area contributed by atoms with Gasteiger partial charge < -0.3 is 5.43 Å². The van der Waals surface area contributed by atoms with Gasteiger partial charge in [-0.3, -0.25) is 0 Å². The molecule has 2 atom stereocenters. The molecule has 0 bridgehead atoms. The minimum absolute atomic E-state index is 0.649. The second-order valence-electron chi connectivity index (χ2n) is 2.48. The summed E-state index contributed by atoms with van der Waals surface area (Å²) in [5.74, 6) is 1.39. The SMILES string of the molecule is CC1C=NNCC1C. The Kier molecular flexibility index (Phi) is 1.51. The zero-order chi connectivity index (χ0) is 5.98. The van der Waals surface area contributed by atoms with E-state index in [-0.39, 0.29) is 0 Å². The van der Waals surface area contributed by atoms with Crippen LogP contribution >= 0.6 is 0 Å². The van der Waals surface area contributed by atoms with Crippen molar-refractivity contribution in [2.24, 2.45) is 16.9 Å². The fourth-order valence-corrected chi connectivity index (χ4v) is 0.700. The van der Waals surface area contributed by atoms with E-state index in [2.05, 4.69) is 24.4 Å². The number of hydrogen-bond donors (Lipinski definition) is 1. The van der Waals surface area contributed by atoms with E-state index < -0.39 is 0 Å². The molecule has 0 fully saturated rings. The minimum Gasteiger partial charge on any atom is -0.310 e. The second kappa shape index (κ2) is 2.16. The fourth-order valence-electron chi connectivity index (χ4n) is 0.700. The number of nitrogens with one attached hydrogen (secondary N) is 1. The topological polar surface area (TPSA) is 24.4 Å². The van der Waals surface area contributed by atoms with Crippen molar-refractivity contribution in [2.45, 2.75) is 13.8 Å². The number of nitrogens with zero attached hydrogens (tertiary/aromatic N) is 1. The Morgan fingerprint density at radius 3 is 2.75 bits per heavy atom. The Bertz CT molecular complexity index is 98.7. The van der Waals surface area contributed by atoms with Crippen molar-refractivity contribution in [3.63, 3.8) is 0 Å². The molecule has 0 saturated carbocycles. The lowest BCUT2D eigenvalue weighted by molar-refractivity contribution is 0.431. The van der Waals surface area contributed by atoms with Crippen molar-refractivity contribution in [2.75, 3.05) is 6.54 Å². The van der Waals surface area contributed by atoms with Crippen LogP contribution in [0.15, 0.2) is 5.10 Å². The summed E-state index contributed by atoms with van der Waals surface area (Å²) in [6.45, 7) is 5.44. The van der Waals surface area contributed by atoms with Crippen LogP contribution in [-0.2, 0) is 0 Å². The van der Waals surface area contributed by atoms with E-state index in [1.54, 1.807) is 0 Å². The van der Waals surface area contributed by atoms with Gasteiger partial charge in [-0.2, -0.15) is 5.10 Å². The van der Waals surface area contributed by atoms with Crippen molar-refractivity contribution in [3.05, 3.63) is 0 Å². The summed E-state index contributed by atoms with van der Waals surface area (Å²) in [6, 6.07) is 0. The van der Waals surface area contributed by atoms with Gasteiger partial charge in [0.2, 0.25) is 0 Å². The molecule has 1 N–H and O–H groups in total. The van der Waals surface area contributed by atoms with E-state index in [1.807, 2.05) is 6.21 Å². The minimum atomic E-state index is 0.649. The molecule has 0 radical (unpaired) electrons. The lowest BCUT2D eigenvalue weighted by atomic mass is 9.97. The Morgan fingerprint density at radius 1 is 1.62 bits per heavy atom. The monoisotopic (exact) mass is 112 g/mol. The van der Waals surface area contributed by atoms with Gasteiger partial charge in [0.1, 0.15) is 0 Å². The summed E-state index contributed by atoms with van der Waals surface area (Å²) in [4.78, 5) is 0. The van der Waals surface area contributed by atoms with Crippen LogP contribution in [0.2, 0.25) is 0 Å². The average Bonchev–Trinajstić information content (AvgIpc) is 1.77. The molecule has 2 heteroatoms. The van der Waals surface area contributed by atoms with Gasteiger partial charge in [0.05, 0.1) is 0 Å². The van der Waals surface area contributed by atoms with Gasteiger partial charge in [-0.15, -0.1) is 0 Å². The molecule has 2 unspecified atom stereocenters. The molecule has 1 aliphatic rings. The van der Waals surface area contributed by atoms with Crippen molar-refractivity contribution in [1.29, 1.82) is 0 Å². The number of hydrogen-bond acceptors (Lipinski definition) is 2. The largest absolute Gasteiger partial charge is 0.310 e. The van der Waals surface area contributed by atoms with Crippen LogP contribution in [-0.4, -0.2) is 12.8 Å². The predicted octanol–water partition coefficient (Wildman–Crippen LogP) is 0.848. The highest BCUT2D eigenvalue weighted by Gasteiger charge is 2.11. The first-order valence-electron chi connectivity index (χ1n) is 3.06. The molecule has 0 aromatic heterocycles. The molecule has 1 rings (SSSR count). The first-order chi connectivity index (χ1) is 3.80. The highest BCUT2D eigenvalue weighted by Crippen LogP contribution is 2.09. The molecule has 0 saturated heterocycles. The molecule has 0 aliphatic carbocycles. The third-order valence-corrected chi connectivity index (χ3v) is 1.71. The van der Waals surface area contributed by atoms with E-state index in [1.165, 1.54) is 0 Å². The van der Waals surface area contributed by atoms with Crippen LogP contribution in [0.5, 0.6) is 0 Å². The molecule has 1 aliphatic heterocycles. The molecule has 1 heterocycles. The summed E-state index contributed by atoms with van der Waals surface area (Å²) < 4.78 is 0. The molecular formula is C6H12N2. The zero-order valence-corrected chi connectivity index (χ0v) is 5.39. The van der Waals surface area contributed by atoms with Crippen LogP contribution in [0.3, 0.4) is 0 Å². The van der Waals surface area contributed by atoms with Gasteiger partial charge >= 0.3 is 0 Å². The molecular weight excluding hydrogens is 100 g/mol. The van der Waals surface area contributed by atoms with Gasteiger partial charge in [-0.05, 0) is 11.8 Å². The molecule has 0 aromatic carbocycles. The average molecular weight is 112 g/mol. The predicted molar refractivity (Wildman–Crippen MR) is 34.8 cm³/mol. The molecule has 0 spiro atoms. The summed E-state index contributed by atoms with van der Waals surface area (Å²) in [6.07, 6.45) is 1.97. The van der Waals surface area contributed by atoms with E-state index >= 15 is 0 Å². The first-order valence-corrected chi connectivity index (χ1v) is 3.06. The Labute approximate surface area is 50.0 Å². The second-order valence-corrected chi connectivity index (χ2v) is 2.48. The van der Waals surface area contributed by atoms with Crippen molar-refractivity contribution in [3.8, 4) is 0 Å². The van der Waals surface area contributed by atoms with E-state index in [4.69, 9.17) is 0 Å². The van der Waals surface area contributed by atoms with Gasteiger partial charge in [0, 0.05) is 12.8 Å². The highest BCUT2D eigenvalue weighted by atomic mass is 15.3. The molecule has 2 nitrogen and oxygen atoms in total. The number of hydrazone groups is 1. The molecule has 8 heavy (non-hydrogen) atoms.